The Bertz CT molecular complexity index is 1600. The third-order valence-corrected chi connectivity index (χ3v) is 6.57. The van der Waals surface area contributed by atoms with Crippen molar-refractivity contribution >= 4 is 29.0 Å². The van der Waals surface area contributed by atoms with Crippen LogP contribution in [0.4, 0.5) is 20.3 Å². The first-order valence-corrected chi connectivity index (χ1v) is 13.1. The predicted molar refractivity (Wildman–Crippen MR) is 152 cm³/mol. The van der Waals surface area contributed by atoms with Gasteiger partial charge in [0.1, 0.15) is 0 Å². The van der Waals surface area contributed by atoms with E-state index in [1.165, 1.54) is 31.6 Å². The molecule has 0 saturated carbocycles. The fourth-order valence-corrected chi connectivity index (χ4v) is 4.25. The number of hydrogen-bond donors (Lipinski definition) is 6. The Kier molecular flexibility index (Phi) is 9.62. The van der Waals surface area contributed by atoms with Crippen molar-refractivity contribution < 1.29 is 28.2 Å². The normalized spacial score (nSPS) is 12.5. The number of halogens is 2. The summed E-state index contributed by atoms with van der Waals surface area (Å²) in [6.45, 7) is 1.68. The van der Waals surface area contributed by atoms with Gasteiger partial charge in [-0.2, -0.15) is 4.39 Å². The van der Waals surface area contributed by atoms with Crippen LogP contribution >= 0.6 is 0 Å². The van der Waals surface area contributed by atoms with Gasteiger partial charge in [0, 0.05) is 48.8 Å². The summed E-state index contributed by atoms with van der Waals surface area (Å²) in [4.78, 5) is 33.3. The van der Waals surface area contributed by atoms with Crippen LogP contribution in [-0.2, 0) is 11.2 Å². The highest BCUT2D eigenvalue weighted by molar-refractivity contribution is 5.96. The number of carbonyl (C=O) groups is 2. The number of benzene rings is 2. The van der Waals surface area contributed by atoms with E-state index in [0.29, 0.717) is 34.8 Å². The van der Waals surface area contributed by atoms with Crippen molar-refractivity contribution in [3.8, 4) is 17.0 Å². The van der Waals surface area contributed by atoms with E-state index in [0.717, 1.165) is 5.56 Å². The molecule has 2 heterocycles. The third-order valence-electron chi connectivity index (χ3n) is 6.57. The van der Waals surface area contributed by atoms with E-state index >= 15 is 0 Å². The summed E-state index contributed by atoms with van der Waals surface area (Å²) in [6.07, 6.45) is 4.01. The lowest BCUT2D eigenvalue weighted by atomic mass is 10.0. The first kappa shape index (κ1) is 30.3. The highest BCUT2D eigenvalue weighted by Gasteiger charge is 2.20. The van der Waals surface area contributed by atoms with Crippen molar-refractivity contribution in [1.29, 1.82) is 0 Å². The summed E-state index contributed by atoms with van der Waals surface area (Å²) in [5.74, 6) is -2.88. The van der Waals surface area contributed by atoms with Gasteiger partial charge in [-0.1, -0.05) is 6.92 Å². The summed E-state index contributed by atoms with van der Waals surface area (Å²) < 4.78 is 35.6. The molecule has 2 amide bonds. The Morgan fingerprint density at radius 1 is 1.12 bits per heavy atom. The second kappa shape index (κ2) is 13.3. The second-order valence-corrected chi connectivity index (χ2v) is 9.36. The van der Waals surface area contributed by atoms with Gasteiger partial charge in [0.2, 0.25) is 11.7 Å². The maximum Gasteiger partial charge on any atom is 0.251 e. The third kappa shape index (κ3) is 6.46. The molecule has 12 nitrogen and oxygen atoms in total. The van der Waals surface area contributed by atoms with E-state index in [4.69, 9.17) is 16.2 Å². The largest absolute Gasteiger partial charge is 0.494 e. The van der Waals surface area contributed by atoms with Crippen molar-refractivity contribution in [2.45, 2.75) is 25.5 Å². The smallest absolute Gasteiger partial charge is 0.251 e. The van der Waals surface area contributed by atoms with Gasteiger partial charge in [0.15, 0.2) is 23.0 Å². The molecule has 8 N–H and O–H groups in total. The number of nitrogens with two attached hydrogens (primary N) is 2. The maximum absolute atomic E-state index is 14.8. The van der Waals surface area contributed by atoms with Crippen LogP contribution in [0.15, 0.2) is 48.9 Å². The predicted octanol–water partition coefficient (Wildman–Crippen LogP) is 1.48. The minimum Gasteiger partial charge on any atom is -0.494 e. The molecular weight excluding hydrogens is 550 g/mol. The molecule has 2 unspecified atom stereocenters. The molecule has 0 aliphatic rings. The average Bonchev–Trinajstić information content (AvgIpc) is 3.44. The van der Waals surface area contributed by atoms with E-state index in [2.05, 4.69) is 25.9 Å². The van der Waals surface area contributed by atoms with Crippen molar-refractivity contribution in [2.24, 2.45) is 11.5 Å². The van der Waals surface area contributed by atoms with Crippen LogP contribution in [0.25, 0.3) is 16.9 Å². The van der Waals surface area contributed by atoms with E-state index < -0.39 is 35.6 Å². The zero-order valence-corrected chi connectivity index (χ0v) is 23.0. The zero-order chi connectivity index (χ0) is 30.4. The Hall–Kier alpha value is -4.66. The standard InChI is InChI=1S/C28H32F2N8O4/c1-3-15-10-16(4-5-18(15)27(40)35-12-17(39)13-36-28(41)20(32)11-31)37-25-26-34-14-21(38(26)9-8-33-25)19-6-7-22(42-2)24(30)23(19)29/h4-10,14,17,20,39H,3,11-13,31-32H2,1-2H3,(H,33,37)(H,35,40)(H,36,41). The number of aromatic nitrogens is 3. The van der Waals surface area contributed by atoms with Gasteiger partial charge in [-0.05, 0) is 42.3 Å². The molecular formula is C28H32F2N8O4. The number of amides is 2. The Morgan fingerprint density at radius 3 is 2.60 bits per heavy atom. The summed E-state index contributed by atoms with van der Waals surface area (Å²) in [6, 6.07) is 7.00. The molecule has 42 heavy (non-hydrogen) atoms. The van der Waals surface area contributed by atoms with Crippen molar-refractivity contribution in [2.75, 3.05) is 32.1 Å². The molecule has 0 radical (unpaired) electrons. The number of aliphatic hydroxyl groups excluding tert-OH is 1. The number of imidazole rings is 1. The number of anilines is 2. The molecule has 2 aromatic heterocycles. The van der Waals surface area contributed by atoms with Gasteiger partial charge in [0.25, 0.3) is 5.91 Å². The number of ether oxygens (including phenoxy) is 1. The molecule has 0 saturated heterocycles. The van der Waals surface area contributed by atoms with Crippen LogP contribution < -0.4 is 32.2 Å². The summed E-state index contributed by atoms with van der Waals surface area (Å²) >= 11 is 0. The Morgan fingerprint density at radius 2 is 1.88 bits per heavy atom. The SMILES string of the molecule is CCc1cc(Nc2nccn3c(-c4ccc(OC)c(F)c4F)cnc23)ccc1C(=O)NCC(O)CNC(=O)C(N)CN. The molecule has 2 atom stereocenters. The Labute approximate surface area is 240 Å². The van der Waals surface area contributed by atoms with Crippen molar-refractivity contribution in [1.82, 2.24) is 25.0 Å². The number of fused-ring (bicyclic) bond motifs is 1. The van der Waals surface area contributed by atoms with Crippen LogP contribution in [-0.4, -0.2) is 70.2 Å². The average molecular weight is 583 g/mol. The van der Waals surface area contributed by atoms with E-state index in [9.17, 15) is 23.5 Å². The molecule has 0 aliphatic carbocycles. The van der Waals surface area contributed by atoms with Gasteiger partial charge in [-0.25, -0.2) is 14.4 Å². The van der Waals surface area contributed by atoms with E-state index in [-0.39, 0.29) is 30.9 Å². The van der Waals surface area contributed by atoms with Gasteiger partial charge in [0.05, 0.1) is 31.1 Å². The number of aliphatic hydroxyl groups is 1. The number of methoxy groups -OCH3 is 1. The van der Waals surface area contributed by atoms with Crippen LogP contribution in [0.5, 0.6) is 5.75 Å². The summed E-state index contributed by atoms with van der Waals surface area (Å²) in [5.41, 5.74) is 13.3. The van der Waals surface area contributed by atoms with E-state index in [1.807, 2.05) is 6.92 Å². The molecule has 0 aliphatic heterocycles. The number of hydrogen-bond acceptors (Lipinski definition) is 9. The van der Waals surface area contributed by atoms with Crippen molar-refractivity contribution in [3.05, 3.63) is 71.7 Å². The second-order valence-electron chi connectivity index (χ2n) is 9.36. The Balaban J connectivity index is 1.48. The quantitative estimate of drug-likeness (QED) is 0.144. The summed E-state index contributed by atoms with van der Waals surface area (Å²) in [5, 5.41) is 18.4. The topological polar surface area (TPSA) is 182 Å². The maximum atomic E-state index is 14.8. The van der Waals surface area contributed by atoms with Crippen LogP contribution in [0.2, 0.25) is 0 Å². The van der Waals surface area contributed by atoms with Gasteiger partial charge < -0.3 is 37.3 Å². The van der Waals surface area contributed by atoms with Gasteiger partial charge in [-0.15, -0.1) is 0 Å². The number of nitrogens with zero attached hydrogens (tertiary/aromatic N) is 3. The molecule has 4 rings (SSSR count). The first-order valence-electron chi connectivity index (χ1n) is 13.1. The monoisotopic (exact) mass is 582 g/mol. The lowest BCUT2D eigenvalue weighted by Crippen LogP contribution is -2.48. The van der Waals surface area contributed by atoms with Gasteiger partial charge >= 0.3 is 0 Å². The highest BCUT2D eigenvalue weighted by Crippen LogP contribution is 2.31. The molecule has 2 aromatic carbocycles. The number of aryl methyl sites for hydroxylation is 1. The molecule has 0 bridgehead atoms. The molecule has 0 spiro atoms. The lowest BCUT2D eigenvalue weighted by Gasteiger charge is -2.16. The van der Waals surface area contributed by atoms with Gasteiger partial charge in [-0.3, -0.25) is 14.0 Å². The zero-order valence-electron chi connectivity index (χ0n) is 23.0. The molecule has 4 aromatic rings. The van der Waals surface area contributed by atoms with Crippen LogP contribution in [0.1, 0.15) is 22.8 Å². The molecule has 222 valence electrons. The lowest BCUT2D eigenvalue weighted by molar-refractivity contribution is -0.122. The summed E-state index contributed by atoms with van der Waals surface area (Å²) in [7, 11) is 1.26. The minimum absolute atomic E-state index is 0.00761. The van der Waals surface area contributed by atoms with Crippen LogP contribution in [0.3, 0.4) is 0 Å². The molecule has 0 fully saturated rings. The fourth-order valence-electron chi connectivity index (χ4n) is 4.25. The van der Waals surface area contributed by atoms with E-state index in [1.54, 1.807) is 28.8 Å². The number of rotatable bonds is 12. The number of nitrogens with one attached hydrogen (secondary N) is 3. The first-order chi connectivity index (χ1) is 20.2. The van der Waals surface area contributed by atoms with Crippen LogP contribution in [0, 0.1) is 11.6 Å². The van der Waals surface area contributed by atoms with Crippen molar-refractivity contribution in [3.63, 3.8) is 0 Å². The molecule has 14 heteroatoms. The highest BCUT2D eigenvalue weighted by atomic mass is 19.2. The number of carbonyl (C=O) groups excluding carboxylic acids is 2. The fraction of sp³-hybridized carbons (Fsp3) is 0.286. The minimum atomic E-state index is -1.10.